The molecule has 0 aliphatic carbocycles. The van der Waals surface area contributed by atoms with Crippen LogP contribution in [-0.4, -0.2) is 45.3 Å². The normalized spacial score (nSPS) is 14.6. The minimum Gasteiger partial charge on any atom is -0.341 e. The molecule has 3 aromatic rings. The number of rotatable bonds is 7. The molecule has 0 radical (unpaired) electrons. The Kier molecular flexibility index (Phi) is 6.87. The number of benzene rings is 2. The summed E-state index contributed by atoms with van der Waals surface area (Å²) in [6, 6.07) is 16.2. The van der Waals surface area contributed by atoms with Gasteiger partial charge in [-0.3, -0.25) is 9.36 Å². The lowest BCUT2D eigenvalue weighted by atomic mass is 10.2. The molecule has 4 rings (SSSR count). The predicted molar refractivity (Wildman–Crippen MR) is 130 cm³/mol. The van der Waals surface area contributed by atoms with Gasteiger partial charge in [0, 0.05) is 18.0 Å². The number of para-hydroxylation sites is 1. The number of aromatic nitrogens is 3. The number of carbonyl (C=O) groups is 1. The Bertz CT molecular complexity index is 1040. The fraction of sp³-hybridized carbons (Fsp3) is 0.348. The summed E-state index contributed by atoms with van der Waals surface area (Å²) in [5.74, 6) is 0.803. The molecule has 0 bridgehead atoms. The molecule has 1 aliphatic rings. The summed E-state index contributed by atoms with van der Waals surface area (Å²) < 4.78 is 2.08. The molecule has 162 valence electrons. The first-order valence-electron chi connectivity index (χ1n) is 10.4. The third-order valence-electron chi connectivity index (χ3n) is 5.31. The number of hydrogen-bond donors (Lipinski definition) is 1. The van der Waals surface area contributed by atoms with E-state index in [1.165, 1.54) is 17.3 Å². The lowest BCUT2D eigenvalue weighted by molar-refractivity contribution is -0.115. The maximum atomic E-state index is 12.9. The topological polar surface area (TPSA) is 63.1 Å². The molecule has 2 aromatic carbocycles. The summed E-state index contributed by atoms with van der Waals surface area (Å²) in [6.07, 6.45) is 4.33. The molecular weight excluding hydrogens is 426 g/mol. The molecule has 0 saturated carbocycles. The SMILES string of the molecule is CSc1ccccc1NC(=O)C(C)Sc1nnc(N2CCCC2)n1-c1ccc(C)cc1. The maximum Gasteiger partial charge on any atom is 0.237 e. The Morgan fingerprint density at radius 3 is 2.48 bits per heavy atom. The molecule has 1 N–H and O–H groups in total. The van der Waals surface area contributed by atoms with Crippen LogP contribution in [0.2, 0.25) is 0 Å². The second-order valence-corrected chi connectivity index (χ2v) is 9.75. The van der Waals surface area contributed by atoms with Crippen molar-refractivity contribution in [3.05, 3.63) is 54.1 Å². The average molecular weight is 454 g/mol. The van der Waals surface area contributed by atoms with Crippen LogP contribution in [0.4, 0.5) is 11.6 Å². The molecule has 6 nitrogen and oxygen atoms in total. The van der Waals surface area contributed by atoms with E-state index in [9.17, 15) is 4.79 Å². The Morgan fingerprint density at radius 1 is 1.06 bits per heavy atom. The molecule has 1 amide bonds. The summed E-state index contributed by atoms with van der Waals surface area (Å²) in [6.45, 7) is 5.95. The van der Waals surface area contributed by atoms with Crippen molar-refractivity contribution < 1.29 is 4.79 Å². The Balaban J connectivity index is 1.58. The lowest BCUT2D eigenvalue weighted by Crippen LogP contribution is -2.24. The molecular formula is C23H27N5OS2. The van der Waals surface area contributed by atoms with E-state index in [4.69, 9.17) is 0 Å². The van der Waals surface area contributed by atoms with Gasteiger partial charge in [0.05, 0.1) is 16.6 Å². The zero-order valence-electron chi connectivity index (χ0n) is 18.0. The van der Waals surface area contributed by atoms with E-state index in [1.807, 2.05) is 37.4 Å². The number of thioether (sulfide) groups is 2. The van der Waals surface area contributed by atoms with Gasteiger partial charge in [-0.25, -0.2) is 0 Å². The fourth-order valence-corrected chi connectivity index (χ4v) is 4.99. The highest BCUT2D eigenvalue weighted by Crippen LogP contribution is 2.32. The van der Waals surface area contributed by atoms with Crippen molar-refractivity contribution in [3.8, 4) is 5.69 Å². The molecule has 8 heteroatoms. The van der Waals surface area contributed by atoms with E-state index in [0.717, 1.165) is 53.3 Å². The van der Waals surface area contributed by atoms with Crippen LogP contribution in [0.3, 0.4) is 0 Å². The molecule has 1 aromatic heterocycles. The zero-order chi connectivity index (χ0) is 21.8. The van der Waals surface area contributed by atoms with Crippen LogP contribution in [0.5, 0.6) is 0 Å². The second-order valence-electron chi connectivity index (χ2n) is 7.60. The van der Waals surface area contributed by atoms with Gasteiger partial charge in [-0.15, -0.1) is 22.0 Å². The van der Waals surface area contributed by atoms with Gasteiger partial charge in [-0.1, -0.05) is 41.6 Å². The van der Waals surface area contributed by atoms with Crippen LogP contribution >= 0.6 is 23.5 Å². The second kappa shape index (κ2) is 9.78. The van der Waals surface area contributed by atoms with Crippen molar-refractivity contribution in [2.75, 3.05) is 29.6 Å². The molecule has 2 heterocycles. The van der Waals surface area contributed by atoms with Gasteiger partial charge < -0.3 is 10.2 Å². The number of hydrogen-bond acceptors (Lipinski definition) is 6. The van der Waals surface area contributed by atoms with Gasteiger partial charge >= 0.3 is 0 Å². The van der Waals surface area contributed by atoms with Crippen molar-refractivity contribution in [2.24, 2.45) is 0 Å². The quantitative estimate of drug-likeness (QED) is 0.507. The number of carbonyl (C=O) groups excluding carboxylic acids is 1. The number of nitrogens with one attached hydrogen (secondary N) is 1. The van der Waals surface area contributed by atoms with Crippen molar-refractivity contribution in [2.45, 2.75) is 42.0 Å². The van der Waals surface area contributed by atoms with Crippen LogP contribution in [-0.2, 0) is 4.79 Å². The smallest absolute Gasteiger partial charge is 0.237 e. The van der Waals surface area contributed by atoms with Crippen molar-refractivity contribution >= 4 is 41.1 Å². The summed E-state index contributed by atoms with van der Waals surface area (Å²) >= 11 is 3.05. The largest absolute Gasteiger partial charge is 0.341 e. The molecule has 1 saturated heterocycles. The number of nitrogens with zero attached hydrogens (tertiary/aromatic N) is 4. The monoisotopic (exact) mass is 453 g/mol. The van der Waals surface area contributed by atoms with Crippen LogP contribution in [0.25, 0.3) is 5.69 Å². The van der Waals surface area contributed by atoms with Crippen molar-refractivity contribution in [1.82, 2.24) is 14.8 Å². The van der Waals surface area contributed by atoms with E-state index in [2.05, 4.69) is 56.2 Å². The van der Waals surface area contributed by atoms with Gasteiger partial charge in [0.25, 0.3) is 0 Å². The Hall–Kier alpha value is -2.45. The van der Waals surface area contributed by atoms with Crippen LogP contribution in [0.1, 0.15) is 25.3 Å². The van der Waals surface area contributed by atoms with Gasteiger partial charge in [-0.2, -0.15) is 0 Å². The average Bonchev–Trinajstić information content (AvgIpc) is 3.45. The molecule has 1 atom stereocenters. The Morgan fingerprint density at radius 2 is 1.77 bits per heavy atom. The maximum absolute atomic E-state index is 12.9. The molecule has 1 unspecified atom stereocenters. The highest BCUT2D eigenvalue weighted by Gasteiger charge is 2.25. The van der Waals surface area contributed by atoms with E-state index in [1.54, 1.807) is 11.8 Å². The minimum absolute atomic E-state index is 0.0484. The predicted octanol–water partition coefficient (Wildman–Crippen LogP) is 5.02. The minimum atomic E-state index is -0.324. The van der Waals surface area contributed by atoms with E-state index in [-0.39, 0.29) is 11.2 Å². The van der Waals surface area contributed by atoms with Gasteiger partial charge in [0.15, 0.2) is 5.16 Å². The molecule has 31 heavy (non-hydrogen) atoms. The zero-order valence-corrected chi connectivity index (χ0v) is 19.7. The number of amides is 1. The van der Waals surface area contributed by atoms with Crippen molar-refractivity contribution in [1.29, 1.82) is 0 Å². The van der Waals surface area contributed by atoms with E-state index < -0.39 is 0 Å². The third-order valence-corrected chi connectivity index (χ3v) is 7.15. The lowest BCUT2D eigenvalue weighted by Gasteiger charge is -2.19. The van der Waals surface area contributed by atoms with Crippen LogP contribution in [0.15, 0.2) is 58.6 Å². The van der Waals surface area contributed by atoms with E-state index in [0.29, 0.717) is 0 Å². The van der Waals surface area contributed by atoms with Gasteiger partial charge in [-0.05, 0) is 57.2 Å². The summed E-state index contributed by atoms with van der Waals surface area (Å²) in [4.78, 5) is 16.3. The molecule has 0 spiro atoms. The third kappa shape index (κ3) is 4.91. The number of anilines is 2. The van der Waals surface area contributed by atoms with Gasteiger partial charge in [0.1, 0.15) is 0 Å². The Labute approximate surface area is 191 Å². The van der Waals surface area contributed by atoms with Crippen molar-refractivity contribution in [3.63, 3.8) is 0 Å². The summed E-state index contributed by atoms with van der Waals surface area (Å²) in [7, 11) is 0. The molecule has 1 fully saturated rings. The summed E-state index contributed by atoms with van der Waals surface area (Å²) in [5.41, 5.74) is 3.06. The molecule has 1 aliphatic heterocycles. The van der Waals surface area contributed by atoms with Crippen LogP contribution in [0, 0.1) is 6.92 Å². The first-order chi connectivity index (χ1) is 15.1. The van der Waals surface area contributed by atoms with Crippen LogP contribution < -0.4 is 10.2 Å². The highest BCUT2D eigenvalue weighted by atomic mass is 32.2. The fourth-order valence-electron chi connectivity index (χ4n) is 3.57. The summed E-state index contributed by atoms with van der Waals surface area (Å²) in [5, 5.41) is 12.4. The number of aryl methyl sites for hydroxylation is 1. The van der Waals surface area contributed by atoms with Gasteiger partial charge in [0.2, 0.25) is 11.9 Å². The van der Waals surface area contributed by atoms with E-state index >= 15 is 0 Å². The standard InChI is InChI=1S/C23H27N5OS2/c1-16-10-12-18(13-11-16)28-22(27-14-6-7-15-27)25-26-23(28)31-17(2)21(29)24-19-8-4-5-9-20(19)30-3/h4-5,8-13,17H,6-7,14-15H2,1-3H3,(H,24,29). The first kappa shape index (κ1) is 21.8. The first-order valence-corrected chi connectivity index (χ1v) is 12.5. The highest BCUT2D eigenvalue weighted by molar-refractivity contribution is 8.00.